The van der Waals surface area contributed by atoms with Crippen molar-refractivity contribution in [2.75, 3.05) is 6.54 Å². The molecule has 1 aliphatic heterocycles. The second-order valence-electron chi connectivity index (χ2n) is 7.31. The van der Waals surface area contributed by atoms with E-state index in [9.17, 15) is 4.79 Å². The highest BCUT2D eigenvalue weighted by molar-refractivity contribution is 6.35. The van der Waals surface area contributed by atoms with Crippen molar-refractivity contribution in [1.29, 1.82) is 0 Å². The summed E-state index contributed by atoms with van der Waals surface area (Å²) in [6.07, 6.45) is 2.64. The Morgan fingerprint density at radius 1 is 1.07 bits per heavy atom. The Hall–Kier alpha value is -2.73. The molecule has 150 valence electrons. The Morgan fingerprint density at radius 3 is 2.70 bits per heavy atom. The lowest BCUT2D eigenvalue weighted by molar-refractivity contribution is 0.240. The Kier molecular flexibility index (Phi) is 5.03. The predicted octanol–water partition coefficient (Wildman–Crippen LogP) is 5.12. The highest BCUT2D eigenvalue weighted by Crippen LogP contribution is 2.27. The lowest BCUT2D eigenvalue weighted by Crippen LogP contribution is -2.32. The van der Waals surface area contributed by atoms with Crippen LogP contribution < -0.4 is 5.63 Å². The van der Waals surface area contributed by atoms with Gasteiger partial charge in [0.25, 0.3) is 0 Å². The van der Waals surface area contributed by atoms with E-state index in [4.69, 9.17) is 32.6 Å². The van der Waals surface area contributed by atoms with E-state index in [0.29, 0.717) is 40.1 Å². The zero-order valence-electron chi connectivity index (χ0n) is 15.9. The van der Waals surface area contributed by atoms with Crippen molar-refractivity contribution in [2.24, 2.45) is 0 Å². The minimum atomic E-state index is -0.390. The summed E-state index contributed by atoms with van der Waals surface area (Å²) in [5, 5.41) is 1.90. The highest BCUT2D eigenvalue weighted by Gasteiger charge is 2.22. The van der Waals surface area contributed by atoms with E-state index in [-0.39, 0.29) is 5.63 Å². The van der Waals surface area contributed by atoms with Crippen LogP contribution in [-0.4, -0.2) is 21.4 Å². The molecule has 2 aromatic heterocycles. The minimum absolute atomic E-state index is 0.390. The molecule has 0 atom stereocenters. The number of para-hydroxylation sites is 1. The number of rotatable bonds is 3. The molecule has 4 aromatic rings. The van der Waals surface area contributed by atoms with Gasteiger partial charge in [-0.1, -0.05) is 35.3 Å². The van der Waals surface area contributed by atoms with Crippen molar-refractivity contribution in [3.63, 3.8) is 0 Å². The van der Waals surface area contributed by atoms with E-state index >= 15 is 0 Å². The molecule has 0 radical (unpaired) electrons. The monoisotopic (exact) mass is 437 g/mol. The number of hydrogen-bond donors (Lipinski definition) is 0. The fourth-order valence-electron chi connectivity index (χ4n) is 3.76. The standard InChI is InChI=1S/C23H17Cl2N3O2/c24-16-7-5-14(6-8-16)22-26-11-15-12-28(10-9-19(15)27-22)13-18-21(25)17-3-1-2-4-20(17)30-23(18)29/h1-8,11H,9-10,12-13H2. The Morgan fingerprint density at radius 2 is 1.87 bits per heavy atom. The van der Waals surface area contributed by atoms with Crippen LogP contribution in [0.3, 0.4) is 0 Å². The molecule has 0 spiro atoms. The van der Waals surface area contributed by atoms with E-state index in [1.165, 1.54) is 0 Å². The van der Waals surface area contributed by atoms with Gasteiger partial charge in [-0.25, -0.2) is 14.8 Å². The maximum Gasteiger partial charge on any atom is 0.342 e. The highest BCUT2D eigenvalue weighted by atomic mass is 35.5. The van der Waals surface area contributed by atoms with Crippen molar-refractivity contribution < 1.29 is 4.42 Å². The molecule has 0 aliphatic carbocycles. The summed E-state index contributed by atoms with van der Waals surface area (Å²) in [4.78, 5) is 23.9. The topological polar surface area (TPSA) is 59.2 Å². The largest absolute Gasteiger partial charge is 0.422 e. The van der Waals surface area contributed by atoms with E-state index in [1.807, 2.05) is 48.7 Å². The van der Waals surface area contributed by atoms with Crippen LogP contribution in [0.5, 0.6) is 0 Å². The van der Waals surface area contributed by atoms with Gasteiger partial charge in [-0.05, 0) is 36.4 Å². The van der Waals surface area contributed by atoms with Gasteiger partial charge in [0.2, 0.25) is 0 Å². The third-order valence-electron chi connectivity index (χ3n) is 5.33. The number of hydrogen-bond acceptors (Lipinski definition) is 5. The van der Waals surface area contributed by atoms with Gasteiger partial charge in [-0.2, -0.15) is 0 Å². The second-order valence-corrected chi connectivity index (χ2v) is 8.13. The van der Waals surface area contributed by atoms with Gasteiger partial charge in [0.1, 0.15) is 5.58 Å². The van der Waals surface area contributed by atoms with Crippen molar-refractivity contribution in [2.45, 2.75) is 19.5 Å². The van der Waals surface area contributed by atoms with Gasteiger partial charge in [0, 0.05) is 53.8 Å². The maximum atomic E-state index is 12.5. The van der Waals surface area contributed by atoms with Crippen LogP contribution in [0.25, 0.3) is 22.4 Å². The first-order chi connectivity index (χ1) is 14.6. The first kappa shape index (κ1) is 19.2. The van der Waals surface area contributed by atoms with Crippen LogP contribution in [0.1, 0.15) is 16.8 Å². The summed E-state index contributed by atoms with van der Waals surface area (Å²) in [7, 11) is 0. The molecule has 3 heterocycles. The number of benzene rings is 2. The van der Waals surface area contributed by atoms with Crippen LogP contribution in [0.2, 0.25) is 10.0 Å². The van der Waals surface area contributed by atoms with E-state index in [2.05, 4.69) is 9.88 Å². The first-order valence-corrected chi connectivity index (χ1v) is 10.4. The lowest BCUT2D eigenvalue weighted by atomic mass is 10.1. The SMILES string of the molecule is O=c1oc2ccccc2c(Cl)c1CN1CCc2nc(-c3ccc(Cl)cc3)ncc2C1. The molecule has 0 amide bonds. The summed E-state index contributed by atoms with van der Waals surface area (Å²) in [6.45, 7) is 1.84. The summed E-state index contributed by atoms with van der Waals surface area (Å²) in [5.74, 6) is 0.692. The molecule has 2 aromatic carbocycles. The zero-order chi connectivity index (χ0) is 20.7. The fraction of sp³-hybridized carbons (Fsp3) is 0.174. The first-order valence-electron chi connectivity index (χ1n) is 9.62. The molecule has 0 unspecified atom stereocenters. The molecular weight excluding hydrogens is 421 g/mol. The van der Waals surface area contributed by atoms with Crippen molar-refractivity contribution in [3.8, 4) is 11.4 Å². The molecule has 30 heavy (non-hydrogen) atoms. The van der Waals surface area contributed by atoms with E-state index in [1.54, 1.807) is 6.07 Å². The Bertz CT molecular complexity index is 1300. The van der Waals surface area contributed by atoms with E-state index < -0.39 is 0 Å². The Labute approximate surface area is 182 Å². The van der Waals surface area contributed by atoms with E-state index in [0.717, 1.165) is 35.2 Å². The Balaban J connectivity index is 1.40. The number of nitrogens with zero attached hydrogens (tertiary/aromatic N) is 3. The summed E-state index contributed by atoms with van der Waals surface area (Å²) in [5.41, 5.74) is 3.62. The van der Waals surface area contributed by atoms with Gasteiger partial charge in [0.05, 0.1) is 16.3 Å². The third kappa shape index (κ3) is 3.60. The molecule has 0 bridgehead atoms. The molecule has 1 aliphatic rings. The molecule has 5 rings (SSSR count). The molecule has 7 heteroatoms. The van der Waals surface area contributed by atoms with Gasteiger partial charge in [-0.3, -0.25) is 4.90 Å². The molecule has 0 saturated carbocycles. The molecule has 0 saturated heterocycles. The number of halogens is 2. The summed E-state index contributed by atoms with van der Waals surface area (Å²) >= 11 is 12.5. The van der Waals surface area contributed by atoms with Crippen LogP contribution in [0.4, 0.5) is 0 Å². The van der Waals surface area contributed by atoms with Crippen LogP contribution in [0.15, 0.2) is 63.9 Å². The zero-order valence-corrected chi connectivity index (χ0v) is 17.5. The average Bonchev–Trinajstić information content (AvgIpc) is 2.77. The molecule has 5 nitrogen and oxygen atoms in total. The van der Waals surface area contributed by atoms with Crippen molar-refractivity contribution in [1.82, 2.24) is 14.9 Å². The fourth-order valence-corrected chi connectivity index (χ4v) is 4.17. The quantitative estimate of drug-likeness (QED) is 0.416. The average molecular weight is 438 g/mol. The van der Waals surface area contributed by atoms with Gasteiger partial charge >= 0.3 is 5.63 Å². The van der Waals surface area contributed by atoms with Crippen molar-refractivity contribution in [3.05, 3.63) is 92.0 Å². The van der Waals surface area contributed by atoms with Gasteiger partial charge in [0.15, 0.2) is 5.82 Å². The van der Waals surface area contributed by atoms with Gasteiger partial charge in [-0.15, -0.1) is 0 Å². The minimum Gasteiger partial charge on any atom is -0.422 e. The maximum absolute atomic E-state index is 12.5. The smallest absolute Gasteiger partial charge is 0.342 e. The van der Waals surface area contributed by atoms with Gasteiger partial charge < -0.3 is 4.42 Å². The second kappa shape index (κ2) is 7.84. The normalized spacial score (nSPS) is 14.1. The van der Waals surface area contributed by atoms with Crippen LogP contribution in [-0.2, 0) is 19.5 Å². The van der Waals surface area contributed by atoms with Crippen molar-refractivity contribution >= 4 is 34.2 Å². The molecular formula is C23H17Cl2N3O2. The molecule has 0 N–H and O–H groups in total. The number of aromatic nitrogens is 2. The predicted molar refractivity (Wildman–Crippen MR) is 118 cm³/mol. The summed E-state index contributed by atoms with van der Waals surface area (Å²) < 4.78 is 5.46. The lowest BCUT2D eigenvalue weighted by Gasteiger charge is -2.28. The molecule has 0 fully saturated rings. The summed E-state index contributed by atoms with van der Waals surface area (Å²) in [6, 6.07) is 14.8. The number of fused-ring (bicyclic) bond motifs is 2. The van der Waals surface area contributed by atoms with Crippen LogP contribution in [0, 0.1) is 0 Å². The van der Waals surface area contributed by atoms with Crippen LogP contribution >= 0.6 is 23.2 Å². The third-order valence-corrected chi connectivity index (χ3v) is 6.02.